The molecule has 156 valence electrons. The number of fused-ring (bicyclic) bond motifs is 1. The summed E-state index contributed by atoms with van der Waals surface area (Å²) in [5.41, 5.74) is 1.28. The number of ether oxygens (including phenoxy) is 4. The van der Waals surface area contributed by atoms with E-state index in [1.54, 1.807) is 12.0 Å². The van der Waals surface area contributed by atoms with Crippen LogP contribution in [0.2, 0.25) is 0 Å². The van der Waals surface area contributed by atoms with Crippen LogP contribution in [0.3, 0.4) is 0 Å². The first kappa shape index (κ1) is 19.8. The van der Waals surface area contributed by atoms with Crippen LogP contribution in [0.1, 0.15) is 5.56 Å². The molecule has 7 heteroatoms. The van der Waals surface area contributed by atoms with Gasteiger partial charge in [-0.05, 0) is 42.5 Å². The Morgan fingerprint density at radius 3 is 2.38 bits per heavy atom. The summed E-state index contributed by atoms with van der Waals surface area (Å²) in [6, 6.07) is 13.6. The van der Waals surface area contributed by atoms with E-state index in [-0.39, 0.29) is 0 Å². The van der Waals surface area contributed by atoms with Crippen LogP contribution in [-0.4, -0.2) is 64.4 Å². The van der Waals surface area contributed by atoms with Crippen molar-refractivity contribution < 1.29 is 33.9 Å². The Morgan fingerprint density at radius 1 is 0.931 bits per heavy atom. The van der Waals surface area contributed by atoms with E-state index in [4.69, 9.17) is 18.9 Å². The maximum atomic E-state index is 10.4. The van der Waals surface area contributed by atoms with Gasteiger partial charge in [-0.15, -0.1) is 0 Å². The number of piperazine rings is 1. The lowest BCUT2D eigenvalue weighted by Crippen LogP contribution is -3.28. The molecule has 0 aromatic heterocycles. The number of hydrogen-bond donors (Lipinski definition) is 3. The Bertz CT molecular complexity index is 790. The smallest absolute Gasteiger partial charge is 0.231 e. The van der Waals surface area contributed by atoms with Crippen LogP contribution < -0.4 is 28.7 Å². The Labute approximate surface area is 171 Å². The predicted octanol–water partition coefficient (Wildman–Crippen LogP) is -0.853. The van der Waals surface area contributed by atoms with E-state index in [1.807, 2.05) is 30.3 Å². The number of methoxy groups -OCH3 is 1. The first-order valence-electron chi connectivity index (χ1n) is 10.2. The summed E-state index contributed by atoms with van der Waals surface area (Å²) in [5.74, 6) is 3.23. The summed E-state index contributed by atoms with van der Waals surface area (Å²) in [7, 11) is 1.64. The highest BCUT2D eigenvalue weighted by atomic mass is 16.7. The van der Waals surface area contributed by atoms with Crippen LogP contribution in [0.4, 0.5) is 0 Å². The number of rotatable bonds is 8. The summed E-state index contributed by atoms with van der Waals surface area (Å²) in [6.07, 6.45) is -0.470. The minimum Gasteiger partial charge on any atom is -0.497 e. The lowest BCUT2D eigenvalue weighted by Gasteiger charge is -2.30. The molecule has 4 rings (SSSR count). The van der Waals surface area contributed by atoms with Crippen molar-refractivity contribution in [2.24, 2.45) is 0 Å². The Kier molecular flexibility index (Phi) is 6.39. The molecule has 0 unspecified atom stereocenters. The summed E-state index contributed by atoms with van der Waals surface area (Å²) in [5, 5.41) is 10.4. The molecule has 3 N–H and O–H groups in total. The van der Waals surface area contributed by atoms with E-state index in [2.05, 4.69) is 12.1 Å². The van der Waals surface area contributed by atoms with Gasteiger partial charge in [0.25, 0.3) is 0 Å². The first-order valence-corrected chi connectivity index (χ1v) is 10.2. The highest BCUT2D eigenvalue weighted by molar-refractivity contribution is 5.44. The van der Waals surface area contributed by atoms with E-state index in [0.717, 1.165) is 55.7 Å². The highest BCUT2D eigenvalue weighted by Crippen LogP contribution is 2.32. The lowest BCUT2D eigenvalue weighted by molar-refractivity contribution is -1.02. The number of aliphatic hydroxyl groups excluding tert-OH is 1. The van der Waals surface area contributed by atoms with Gasteiger partial charge in [0.05, 0.1) is 7.11 Å². The molecular formula is C22H30N2O5+2. The maximum absolute atomic E-state index is 10.4. The molecule has 0 spiro atoms. The molecule has 2 heterocycles. The molecule has 0 amide bonds. The van der Waals surface area contributed by atoms with Gasteiger partial charge in [0, 0.05) is 5.56 Å². The molecule has 2 aromatic rings. The van der Waals surface area contributed by atoms with E-state index >= 15 is 0 Å². The molecule has 7 nitrogen and oxygen atoms in total. The topological polar surface area (TPSA) is 66.0 Å². The SMILES string of the molecule is COc1ccc(OC[C@@H](O)C[NH+]2CC[NH+](Cc3ccc4c(c3)OCO4)CC2)cc1. The van der Waals surface area contributed by atoms with Gasteiger partial charge < -0.3 is 33.9 Å². The third-order valence-electron chi connectivity index (χ3n) is 5.58. The van der Waals surface area contributed by atoms with Crippen LogP contribution in [0.25, 0.3) is 0 Å². The number of aliphatic hydroxyl groups is 1. The zero-order valence-electron chi connectivity index (χ0n) is 16.9. The molecule has 2 aliphatic heterocycles. The molecule has 2 aliphatic rings. The van der Waals surface area contributed by atoms with Gasteiger partial charge in [0.2, 0.25) is 6.79 Å². The van der Waals surface area contributed by atoms with Gasteiger partial charge in [-0.25, -0.2) is 0 Å². The van der Waals surface area contributed by atoms with Crippen molar-refractivity contribution in [2.75, 3.05) is 53.2 Å². The second-order valence-corrected chi connectivity index (χ2v) is 7.71. The van der Waals surface area contributed by atoms with Crippen LogP contribution in [0.15, 0.2) is 42.5 Å². The van der Waals surface area contributed by atoms with E-state index < -0.39 is 6.10 Å². The fourth-order valence-electron chi connectivity index (χ4n) is 3.93. The average molecular weight is 402 g/mol. The van der Waals surface area contributed by atoms with Gasteiger partial charge >= 0.3 is 0 Å². The average Bonchev–Trinajstić information content (AvgIpc) is 3.22. The molecule has 1 atom stereocenters. The molecule has 29 heavy (non-hydrogen) atoms. The number of hydrogen-bond acceptors (Lipinski definition) is 5. The van der Waals surface area contributed by atoms with E-state index in [9.17, 15) is 5.11 Å². The Balaban J connectivity index is 1.17. The standard InChI is InChI=1S/C22H28N2O5/c1-26-19-3-5-20(6-4-19)27-15-18(25)14-24-10-8-23(9-11-24)13-17-2-7-21-22(12-17)29-16-28-21/h2-7,12,18,25H,8-11,13-16H2,1H3/p+2/t18-/m0/s1. The second-order valence-electron chi connectivity index (χ2n) is 7.71. The van der Waals surface area contributed by atoms with Crippen LogP contribution in [0, 0.1) is 0 Å². The molecule has 2 aromatic carbocycles. The van der Waals surface area contributed by atoms with Crippen molar-refractivity contribution >= 4 is 0 Å². The third-order valence-corrected chi connectivity index (χ3v) is 5.58. The van der Waals surface area contributed by atoms with Crippen molar-refractivity contribution in [1.82, 2.24) is 0 Å². The van der Waals surface area contributed by atoms with Crippen molar-refractivity contribution in [3.8, 4) is 23.0 Å². The van der Waals surface area contributed by atoms with Gasteiger partial charge in [0.1, 0.15) is 63.5 Å². The van der Waals surface area contributed by atoms with Crippen molar-refractivity contribution in [3.05, 3.63) is 48.0 Å². The highest BCUT2D eigenvalue weighted by Gasteiger charge is 2.26. The largest absolute Gasteiger partial charge is 0.497 e. The van der Waals surface area contributed by atoms with Crippen molar-refractivity contribution in [1.29, 1.82) is 0 Å². The van der Waals surface area contributed by atoms with E-state index in [0.29, 0.717) is 19.9 Å². The number of quaternary nitrogens is 2. The molecular weight excluding hydrogens is 372 g/mol. The fourth-order valence-corrected chi connectivity index (χ4v) is 3.93. The van der Waals surface area contributed by atoms with Gasteiger partial charge in [-0.3, -0.25) is 0 Å². The molecule has 0 aliphatic carbocycles. The minimum absolute atomic E-state index is 0.309. The first-order chi connectivity index (χ1) is 14.2. The molecule has 1 fully saturated rings. The quantitative estimate of drug-likeness (QED) is 0.537. The summed E-state index contributed by atoms with van der Waals surface area (Å²) in [6.45, 7) is 6.63. The van der Waals surface area contributed by atoms with Crippen LogP contribution in [-0.2, 0) is 6.54 Å². The Hall–Kier alpha value is -2.48. The summed E-state index contributed by atoms with van der Waals surface area (Å²) in [4.78, 5) is 3.00. The lowest BCUT2D eigenvalue weighted by atomic mass is 10.1. The van der Waals surface area contributed by atoms with Gasteiger partial charge in [-0.2, -0.15) is 0 Å². The van der Waals surface area contributed by atoms with Gasteiger partial charge in [-0.1, -0.05) is 0 Å². The predicted molar refractivity (Wildman–Crippen MR) is 107 cm³/mol. The minimum atomic E-state index is -0.470. The zero-order valence-corrected chi connectivity index (χ0v) is 16.9. The summed E-state index contributed by atoms with van der Waals surface area (Å²) >= 11 is 0. The number of benzene rings is 2. The van der Waals surface area contributed by atoms with Crippen LogP contribution >= 0.6 is 0 Å². The normalized spacial score (nSPS) is 21.6. The monoisotopic (exact) mass is 402 g/mol. The second kappa shape index (κ2) is 9.35. The van der Waals surface area contributed by atoms with Crippen LogP contribution in [0.5, 0.6) is 23.0 Å². The summed E-state index contributed by atoms with van der Waals surface area (Å²) < 4.78 is 21.7. The maximum Gasteiger partial charge on any atom is 0.231 e. The third kappa shape index (κ3) is 5.32. The molecule has 0 saturated carbocycles. The molecule has 0 radical (unpaired) electrons. The van der Waals surface area contributed by atoms with Crippen molar-refractivity contribution in [2.45, 2.75) is 12.6 Å². The molecule has 1 saturated heterocycles. The molecule has 0 bridgehead atoms. The fraction of sp³-hybridized carbons (Fsp3) is 0.455. The number of nitrogens with one attached hydrogen (secondary N) is 2. The van der Waals surface area contributed by atoms with Gasteiger partial charge in [0.15, 0.2) is 11.5 Å². The van der Waals surface area contributed by atoms with E-state index in [1.165, 1.54) is 10.5 Å². The Morgan fingerprint density at radius 2 is 1.62 bits per heavy atom. The zero-order chi connectivity index (χ0) is 20.1. The van der Waals surface area contributed by atoms with Crippen molar-refractivity contribution in [3.63, 3.8) is 0 Å².